The van der Waals surface area contributed by atoms with E-state index < -0.39 is 0 Å². The molecule has 0 N–H and O–H groups in total. The molecule has 2 aromatic carbocycles. The highest BCUT2D eigenvalue weighted by molar-refractivity contribution is 5.83. The quantitative estimate of drug-likeness (QED) is 0.776. The number of nitrogens with zero attached hydrogens (tertiary/aromatic N) is 1. The number of amides is 1. The third kappa shape index (κ3) is 3.87. The van der Waals surface area contributed by atoms with Crippen LogP contribution >= 0.6 is 0 Å². The topological polar surface area (TPSA) is 55.8 Å². The first-order valence-electron chi connectivity index (χ1n) is 8.66. The van der Waals surface area contributed by atoms with Crippen LogP contribution in [0.3, 0.4) is 0 Å². The van der Waals surface area contributed by atoms with Gasteiger partial charge in [-0.15, -0.1) is 0 Å². The van der Waals surface area contributed by atoms with Crippen molar-refractivity contribution >= 4 is 11.9 Å². The average molecular weight is 353 g/mol. The summed E-state index contributed by atoms with van der Waals surface area (Å²) in [5, 5.41) is 0. The lowest BCUT2D eigenvalue weighted by Crippen LogP contribution is -2.46. The van der Waals surface area contributed by atoms with Crippen molar-refractivity contribution in [2.24, 2.45) is 5.92 Å². The highest BCUT2D eigenvalue weighted by Crippen LogP contribution is 2.35. The van der Waals surface area contributed by atoms with Crippen molar-refractivity contribution in [1.29, 1.82) is 0 Å². The summed E-state index contributed by atoms with van der Waals surface area (Å²) in [6.45, 7) is 0.861. The zero-order valence-corrected chi connectivity index (χ0v) is 15.1. The molecule has 0 unspecified atom stereocenters. The first kappa shape index (κ1) is 18.0. The van der Waals surface area contributed by atoms with Crippen LogP contribution in [0.2, 0.25) is 0 Å². The number of piperidine rings is 1. The molecule has 0 spiro atoms. The summed E-state index contributed by atoms with van der Waals surface area (Å²) in [7, 11) is 3.00. The Morgan fingerprint density at radius 1 is 1.08 bits per heavy atom. The summed E-state index contributed by atoms with van der Waals surface area (Å²) in [5.41, 5.74) is 2.00. The number of ether oxygens (including phenoxy) is 2. The van der Waals surface area contributed by atoms with E-state index in [4.69, 9.17) is 9.47 Å². The fourth-order valence-electron chi connectivity index (χ4n) is 3.47. The van der Waals surface area contributed by atoms with Crippen LogP contribution in [0.25, 0.3) is 0 Å². The molecule has 0 bridgehead atoms. The second-order valence-corrected chi connectivity index (χ2v) is 6.47. The number of likely N-dealkylation sites (tertiary alicyclic amines) is 1. The number of carbonyl (C=O) groups is 2. The Bertz CT molecular complexity index is 757. The van der Waals surface area contributed by atoms with E-state index in [9.17, 15) is 9.59 Å². The van der Waals surface area contributed by atoms with Crippen LogP contribution in [0.5, 0.6) is 5.75 Å². The third-order valence-corrected chi connectivity index (χ3v) is 4.91. The standard InChI is InChI=1S/C21H23NO4/c1-25-17-10-8-16(9-11-17)18-12-20(23)22(14-19(18)21(24)26-2)13-15-6-4-3-5-7-15/h3-11,18-19H,12-14H2,1-2H3/t18-,19+/m1/s1. The Balaban J connectivity index is 1.82. The van der Waals surface area contributed by atoms with Crippen molar-refractivity contribution in [3.63, 3.8) is 0 Å². The molecular weight excluding hydrogens is 330 g/mol. The summed E-state index contributed by atoms with van der Waals surface area (Å²) in [6.07, 6.45) is 0.291. The van der Waals surface area contributed by atoms with E-state index >= 15 is 0 Å². The second-order valence-electron chi connectivity index (χ2n) is 6.47. The lowest BCUT2D eigenvalue weighted by atomic mass is 9.80. The predicted molar refractivity (Wildman–Crippen MR) is 97.7 cm³/mol. The SMILES string of the molecule is COC(=O)[C@H]1CN(Cc2ccccc2)C(=O)C[C@@H]1c1ccc(OC)cc1. The molecule has 1 fully saturated rings. The fraction of sp³-hybridized carbons (Fsp3) is 0.333. The number of hydrogen-bond donors (Lipinski definition) is 0. The largest absolute Gasteiger partial charge is 0.497 e. The highest BCUT2D eigenvalue weighted by atomic mass is 16.5. The molecule has 1 amide bonds. The molecule has 0 radical (unpaired) electrons. The maximum atomic E-state index is 12.7. The molecular formula is C21H23NO4. The van der Waals surface area contributed by atoms with Gasteiger partial charge in [-0.25, -0.2) is 0 Å². The van der Waals surface area contributed by atoms with E-state index in [1.807, 2.05) is 54.6 Å². The van der Waals surface area contributed by atoms with Crippen LogP contribution in [0, 0.1) is 5.92 Å². The van der Waals surface area contributed by atoms with Gasteiger partial charge in [0.25, 0.3) is 0 Å². The van der Waals surface area contributed by atoms with E-state index in [1.54, 1.807) is 12.0 Å². The normalized spacial score (nSPS) is 19.9. The van der Waals surface area contributed by atoms with Crippen LogP contribution in [-0.2, 0) is 20.9 Å². The molecule has 5 heteroatoms. The van der Waals surface area contributed by atoms with Gasteiger partial charge < -0.3 is 14.4 Å². The Hall–Kier alpha value is -2.82. The number of methoxy groups -OCH3 is 2. The Morgan fingerprint density at radius 2 is 1.77 bits per heavy atom. The van der Waals surface area contributed by atoms with Crippen molar-refractivity contribution < 1.29 is 19.1 Å². The number of carbonyl (C=O) groups excluding carboxylic acids is 2. The predicted octanol–water partition coefficient (Wildman–Crippen LogP) is 3.00. The molecule has 0 aliphatic carbocycles. The van der Waals surface area contributed by atoms with Crippen LogP contribution < -0.4 is 4.74 Å². The van der Waals surface area contributed by atoms with E-state index in [1.165, 1.54) is 7.11 Å². The Kier molecular flexibility index (Phi) is 5.56. The van der Waals surface area contributed by atoms with Gasteiger partial charge in [0.2, 0.25) is 5.91 Å². The molecule has 26 heavy (non-hydrogen) atoms. The van der Waals surface area contributed by atoms with Crippen LogP contribution in [0.4, 0.5) is 0 Å². The smallest absolute Gasteiger partial charge is 0.311 e. The van der Waals surface area contributed by atoms with Gasteiger partial charge in [0.05, 0.1) is 20.1 Å². The van der Waals surface area contributed by atoms with E-state index in [2.05, 4.69) is 0 Å². The van der Waals surface area contributed by atoms with Gasteiger partial charge in [-0.1, -0.05) is 42.5 Å². The number of esters is 1. The highest BCUT2D eigenvalue weighted by Gasteiger charge is 2.39. The molecule has 2 atom stereocenters. The minimum Gasteiger partial charge on any atom is -0.497 e. The average Bonchev–Trinajstić information content (AvgIpc) is 2.69. The molecule has 1 aliphatic heterocycles. The first-order valence-corrected chi connectivity index (χ1v) is 8.66. The molecule has 2 aromatic rings. The fourth-order valence-corrected chi connectivity index (χ4v) is 3.47. The molecule has 5 nitrogen and oxygen atoms in total. The Labute approximate surface area is 153 Å². The molecule has 1 aliphatic rings. The van der Waals surface area contributed by atoms with E-state index in [0.717, 1.165) is 16.9 Å². The van der Waals surface area contributed by atoms with Crippen molar-refractivity contribution in [3.8, 4) is 5.75 Å². The minimum absolute atomic E-state index is 0.0508. The van der Waals surface area contributed by atoms with Crippen LogP contribution in [-0.4, -0.2) is 37.5 Å². The van der Waals surface area contributed by atoms with Crippen molar-refractivity contribution in [1.82, 2.24) is 4.90 Å². The summed E-state index contributed by atoms with van der Waals surface area (Å²) < 4.78 is 10.2. The lowest BCUT2D eigenvalue weighted by Gasteiger charge is -2.37. The van der Waals surface area contributed by atoms with Gasteiger partial charge in [0.1, 0.15) is 5.75 Å². The van der Waals surface area contributed by atoms with Gasteiger partial charge in [0, 0.05) is 25.4 Å². The zero-order valence-electron chi connectivity index (χ0n) is 15.1. The second kappa shape index (κ2) is 8.04. The van der Waals surface area contributed by atoms with Gasteiger partial charge >= 0.3 is 5.97 Å². The maximum absolute atomic E-state index is 12.7. The summed E-state index contributed by atoms with van der Waals surface area (Å²) in [6, 6.07) is 17.3. The Morgan fingerprint density at radius 3 is 2.38 bits per heavy atom. The summed E-state index contributed by atoms with van der Waals surface area (Å²) >= 11 is 0. The minimum atomic E-state index is -0.380. The van der Waals surface area contributed by atoms with Crippen molar-refractivity contribution in [3.05, 3.63) is 65.7 Å². The molecule has 3 rings (SSSR count). The molecule has 1 saturated heterocycles. The van der Waals surface area contributed by atoms with Crippen molar-refractivity contribution in [2.75, 3.05) is 20.8 Å². The zero-order chi connectivity index (χ0) is 18.5. The summed E-state index contributed by atoms with van der Waals surface area (Å²) in [4.78, 5) is 26.9. The molecule has 1 heterocycles. The monoisotopic (exact) mass is 353 g/mol. The van der Waals surface area contributed by atoms with Gasteiger partial charge in [-0.05, 0) is 23.3 Å². The van der Waals surface area contributed by atoms with Gasteiger partial charge in [-0.2, -0.15) is 0 Å². The number of hydrogen-bond acceptors (Lipinski definition) is 4. The van der Waals surface area contributed by atoms with E-state index in [-0.39, 0.29) is 23.7 Å². The van der Waals surface area contributed by atoms with Gasteiger partial charge in [-0.3, -0.25) is 9.59 Å². The molecule has 136 valence electrons. The van der Waals surface area contributed by atoms with E-state index in [0.29, 0.717) is 19.5 Å². The van der Waals surface area contributed by atoms with Gasteiger partial charge in [0.15, 0.2) is 0 Å². The summed E-state index contributed by atoms with van der Waals surface area (Å²) in [5.74, 6) is -0.0508. The first-order chi connectivity index (χ1) is 12.6. The van der Waals surface area contributed by atoms with Crippen LogP contribution in [0.1, 0.15) is 23.5 Å². The number of rotatable bonds is 5. The number of benzene rings is 2. The lowest BCUT2D eigenvalue weighted by molar-refractivity contribution is -0.151. The van der Waals surface area contributed by atoms with Crippen molar-refractivity contribution in [2.45, 2.75) is 18.9 Å². The maximum Gasteiger partial charge on any atom is 0.311 e. The molecule has 0 aromatic heterocycles. The van der Waals surface area contributed by atoms with Crippen LogP contribution in [0.15, 0.2) is 54.6 Å². The third-order valence-electron chi connectivity index (χ3n) is 4.91. The molecule has 0 saturated carbocycles.